The molecule has 1 N–H and O–H groups in total. The summed E-state index contributed by atoms with van der Waals surface area (Å²) < 4.78 is 13.1. The summed E-state index contributed by atoms with van der Waals surface area (Å²) in [7, 11) is 0. The van der Waals surface area contributed by atoms with Gasteiger partial charge >= 0.3 is 0 Å². The van der Waals surface area contributed by atoms with Crippen molar-refractivity contribution in [2.24, 2.45) is 17.8 Å². The number of thioether (sulfide) groups is 1. The van der Waals surface area contributed by atoms with Gasteiger partial charge in [0.15, 0.2) is 0 Å². The maximum absolute atomic E-state index is 13.1. The van der Waals surface area contributed by atoms with Gasteiger partial charge in [-0.1, -0.05) is 26.3 Å². The Morgan fingerprint density at radius 3 is 2.79 bits per heavy atom. The molecule has 1 saturated carbocycles. The van der Waals surface area contributed by atoms with Crippen LogP contribution in [0.4, 0.5) is 4.39 Å². The van der Waals surface area contributed by atoms with Crippen LogP contribution in [-0.4, -0.2) is 17.0 Å². The Bertz CT molecular complexity index is 409. The Hall–Kier alpha value is -0.540. The molecule has 19 heavy (non-hydrogen) atoms. The van der Waals surface area contributed by atoms with Crippen molar-refractivity contribution in [2.75, 3.05) is 5.75 Å². The molecule has 0 saturated heterocycles. The summed E-state index contributed by atoms with van der Waals surface area (Å²) in [6, 6.07) is 6.59. The molecule has 106 valence electrons. The number of aliphatic hydroxyl groups is 1. The summed E-state index contributed by atoms with van der Waals surface area (Å²) in [5.41, 5.74) is 0. The number of halogens is 1. The van der Waals surface area contributed by atoms with Gasteiger partial charge in [-0.25, -0.2) is 4.39 Å². The molecule has 2 rings (SSSR count). The topological polar surface area (TPSA) is 20.2 Å². The first-order chi connectivity index (χ1) is 9.06. The van der Waals surface area contributed by atoms with Crippen LogP contribution in [0.5, 0.6) is 0 Å². The molecule has 0 radical (unpaired) electrons. The normalized spacial score (nSPS) is 29.2. The highest BCUT2D eigenvalue weighted by molar-refractivity contribution is 7.99. The van der Waals surface area contributed by atoms with E-state index >= 15 is 0 Å². The van der Waals surface area contributed by atoms with Gasteiger partial charge in [0.05, 0.1) is 6.10 Å². The highest BCUT2D eigenvalue weighted by atomic mass is 32.2. The first-order valence-corrected chi connectivity index (χ1v) is 8.11. The van der Waals surface area contributed by atoms with E-state index in [1.807, 2.05) is 6.07 Å². The third kappa shape index (κ3) is 4.22. The highest BCUT2D eigenvalue weighted by Gasteiger charge is 2.29. The van der Waals surface area contributed by atoms with Crippen molar-refractivity contribution in [3.8, 4) is 0 Å². The predicted octanol–water partition coefficient (Wildman–Crippen LogP) is 4.35. The van der Waals surface area contributed by atoms with Crippen LogP contribution in [0.3, 0.4) is 0 Å². The predicted molar refractivity (Wildman–Crippen MR) is 78.8 cm³/mol. The first kappa shape index (κ1) is 14.9. The van der Waals surface area contributed by atoms with E-state index in [1.165, 1.54) is 18.6 Å². The molecule has 1 fully saturated rings. The molecule has 1 nitrogen and oxygen atoms in total. The van der Waals surface area contributed by atoms with Gasteiger partial charge in [-0.3, -0.25) is 0 Å². The molecule has 1 aromatic carbocycles. The second-order valence-corrected chi connectivity index (χ2v) is 6.96. The SMILES string of the molecule is CC1CCC(C(O)CSc2cccc(F)c2)CC1C. The largest absolute Gasteiger partial charge is 0.392 e. The summed E-state index contributed by atoms with van der Waals surface area (Å²) in [5.74, 6) is 2.34. The number of hydrogen-bond acceptors (Lipinski definition) is 2. The summed E-state index contributed by atoms with van der Waals surface area (Å²) in [4.78, 5) is 0.899. The fourth-order valence-corrected chi connectivity index (χ4v) is 3.82. The zero-order chi connectivity index (χ0) is 13.8. The molecule has 0 aliphatic heterocycles. The second kappa shape index (κ2) is 6.76. The number of aliphatic hydroxyl groups excluding tert-OH is 1. The molecule has 4 atom stereocenters. The lowest BCUT2D eigenvalue weighted by Crippen LogP contribution is -2.30. The lowest BCUT2D eigenvalue weighted by Gasteiger charge is -2.34. The Kier molecular flexibility index (Phi) is 5.28. The van der Waals surface area contributed by atoms with Crippen molar-refractivity contribution in [1.82, 2.24) is 0 Å². The summed E-state index contributed by atoms with van der Waals surface area (Å²) in [6.07, 6.45) is 3.18. The van der Waals surface area contributed by atoms with Crippen LogP contribution >= 0.6 is 11.8 Å². The van der Waals surface area contributed by atoms with Crippen molar-refractivity contribution in [3.05, 3.63) is 30.1 Å². The summed E-state index contributed by atoms with van der Waals surface area (Å²) in [5, 5.41) is 10.3. The number of rotatable bonds is 4. The smallest absolute Gasteiger partial charge is 0.124 e. The summed E-state index contributed by atoms with van der Waals surface area (Å²) in [6.45, 7) is 4.58. The third-order valence-electron chi connectivity index (χ3n) is 4.40. The van der Waals surface area contributed by atoms with Crippen LogP contribution in [0.2, 0.25) is 0 Å². The highest BCUT2D eigenvalue weighted by Crippen LogP contribution is 2.36. The van der Waals surface area contributed by atoms with Gasteiger partial charge < -0.3 is 5.11 Å². The number of benzene rings is 1. The zero-order valence-corrected chi connectivity index (χ0v) is 12.5. The van der Waals surface area contributed by atoms with E-state index < -0.39 is 0 Å². The van der Waals surface area contributed by atoms with Crippen molar-refractivity contribution in [3.63, 3.8) is 0 Å². The molecule has 0 heterocycles. The zero-order valence-electron chi connectivity index (χ0n) is 11.7. The minimum Gasteiger partial charge on any atom is -0.392 e. The van der Waals surface area contributed by atoms with Crippen molar-refractivity contribution >= 4 is 11.8 Å². The molecule has 0 aromatic heterocycles. The fraction of sp³-hybridized carbons (Fsp3) is 0.625. The molecule has 0 bridgehead atoms. The van der Waals surface area contributed by atoms with Crippen molar-refractivity contribution in [2.45, 2.75) is 44.1 Å². The molecular weight excluding hydrogens is 259 g/mol. The summed E-state index contributed by atoms with van der Waals surface area (Å²) >= 11 is 1.55. The molecule has 0 spiro atoms. The lowest BCUT2D eigenvalue weighted by molar-refractivity contribution is 0.0729. The lowest BCUT2D eigenvalue weighted by atomic mass is 9.74. The van der Waals surface area contributed by atoms with Crippen LogP contribution in [0.15, 0.2) is 29.2 Å². The molecule has 1 aliphatic rings. The van der Waals surface area contributed by atoms with Crippen LogP contribution < -0.4 is 0 Å². The second-order valence-electron chi connectivity index (χ2n) is 5.86. The van der Waals surface area contributed by atoms with E-state index in [9.17, 15) is 9.50 Å². The van der Waals surface area contributed by atoms with Crippen molar-refractivity contribution < 1.29 is 9.50 Å². The molecule has 0 amide bonds. The average molecular weight is 282 g/mol. The van der Waals surface area contributed by atoms with Gasteiger partial charge in [0, 0.05) is 10.6 Å². The van der Waals surface area contributed by atoms with Crippen LogP contribution in [0.25, 0.3) is 0 Å². The monoisotopic (exact) mass is 282 g/mol. The Morgan fingerprint density at radius 1 is 1.32 bits per heavy atom. The van der Waals surface area contributed by atoms with Gasteiger partial charge in [-0.05, 0) is 48.8 Å². The molecule has 4 unspecified atom stereocenters. The van der Waals surface area contributed by atoms with Crippen LogP contribution in [0, 0.1) is 23.6 Å². The third-order valence-corrected chi connectivity index (χ3v) is 5.50. The molecule has 1 aliphatic carbocycles. The minimum atomic E-state index is -0.275. The van der Waals surface area contributed by atoms with Gasteiger partial charge in [0.1, 0.15) is 5.82 Å². The standard InChI is InChI=1S/C16H23FOS/c1-11-6-7-13(8-12(11)2)16(18)10-19-15-5-3-4-14(17)9-15/h3-5,9,11-13,16,18H,6-8,10H2,1-2H3. The minimum absolute atomic E-state index is 0.209. The van der Waals surface area contributed by atoms with Gasteiger partial charge in [-0.15, -0.1) is 11.8 Å². The quantitative estimate of drug-likeness (QED) is 0.828. The van der Waals surface area contributed by atoms with Gasteiger partial charge in [0.25, 0.3) is 0 Å². The maximum Gasteiger partial charge on any atom is 0.124 e. The van der Waals surface area contributed by atoms with Crippen LogP contribution in [-0.2, 0) is 0 Å². The van der Waals surface area contributed by atoms with E-state index in [-0.39, 0.29) is 11.9 Å². The van der Waals surface area contributed by atoms with E-state index in [0.717, 1.165) is 23.7 Å². The van der Waals surface area contributed by atoms with Gasteiger partial charge in [-0.2, -0.15) is 0 Å². The Balaban J connectivity index is 1.83. The number of hydrogen-bond donors (Lipinski definition) is 1. The average Bonchev–Trinajstić information content (AvgIpc) is 2.39. The van der Waals surface area contributed by atoms with Crippen molar-refractivity contribution in [1.29, 1.82) is 0 Å². The molecular formula is C16H23FOS. The van der Waals surface area contributed by atoms with Crippen LogP contribution in [0.1, 0.15) is 33.1 Å². The molecule has 1 aromatic rings. The van der Waals surface area contributed by atoms with E-state index in [2.05, 4.69) is 13.8 Å². The maximum atomic E-state index is 13.1. The Morgan fingerprint density at radius 2 is 2.11 bits per heavy atom. The first-order valence-electron chi connectivity index (χ1n) is 7.12. The van der Waals surface area contributed by atoms with E-state index in [0.29, 0.717) is 17.6 Å². The fourth-order valence-electron chi connectivity index (χ4n) is 2.81. The Labute approximate surface area is 119 Å². The van der Waals surface area contributed by atoms with Gasteiger partial charge in [0.2, 0.25) is 0 Å². The van der Waals surface area contributed by atoms with E-state index in [4.69, 9.17) is 0 Å². The molecule has 3 heteroatoms. The van der Waals surface area contributed by atoms with E-state index in [1.54, 1.807) is 17.8 Å².